The molecule has 0 bridgehead atoms. The van der Waals surface area contributed by atoms with E-state index in [4.69, 9.17) is 0 Å². The van der Waals surface area contributed by atoms with Crippen molar-refractivity contribution in [3.8, 4) is 0 Å². The lowest BCUT2D eigenvalue weighted by Gasteiger charge is -2.03. The summed E-state index contributed by atoms with van der Waals surface area (Å²) >= 11 is 0. The second kappa shape index (κ2) is 7.12. The number of allylic oxidation sites excluding steroid dienone is 1. The van der Waals surface area contributed by atoms with Gasteiger partial charge in [0.25, 0.3) is 0 Å². The van der Waals surface area contributed by atoms with Gasteiger partial charge in [0.2, 0.25) is 0 Å². The van der Waals surface area contributed by atoms with Gasteiger partial charge in [-0.2, -0.15) is 0 Å². The average Bonchev–Trinajstić information content (AvgIpc) is 2.03. The van der Waals surface area contributed by atoms with Crippen LogP contribution in [0.15, 0.2) is 5.57 Å². The Hall–Kier alpha value is -0.550. The molecule has 0 aromatic carbocycles. The maximum absolute atomic E-state index is 10.1. The fourth-order valence-corrected chi connectivity index (χ4v) is 1.17. The number of unbranched alkanes of at least 4 members (excludes halogenated alkanes) is 2. The van der Waals surface area contributed by atoms with Crippen LogP contribution < -0.4 is 0 Å². The standard InChI is InChI=1S/C11H20O/c1-10(2)7-5-4-6-8-11(3)9-12/h10H,4-8H2,1-3H3. The largest absolute Gasteiger partial charge is 0.234 e. The number of hydrogen-bond donors (Lipinski definition) is 0. The molecule has 0 fully saturated rings. The van der Waals surface area contributed by atoms with Crippen LogP contribution >= 0.6 is 0 Å². The van der Waals surface area contributed by atoms with E-state index in [1.807, 2.05) is 12.9 Å². The summed E-state index contributed by atoms with van der Waals surface area (Å²) in [6.07, 6.45) is 5.93. The van der Waals surface area contributed by atoms with E-state index in [9.17, 15) is 4.79 Å². The van der Waals surface area contributed by atoms with Gasteiger partial charge >= 0.3 is 0 Å². The average molecular weight is 168 g/mol. The molecule has 0 heterocycles. The first-order valence-electron chi connectivity index (χ1n) is 4.87. The van der Waals surface area contributed by atoms with E-state index in [1.165, 1.54) is 19.3 Å². The molecule has 0 N–H and O–H groups in total. The molecule has 1 heteroatoms. The quantitative estimate of drug-likeness (QED) is 0.439. The third-order valence-electron chi connectivity index (χ3n) is 2.01. The normalized spacial score (nSPS) is 10.0. The number of carbonyl (C=O) groups excluding carboxylic acids is 1. The smallest absolute Gasteiger partial charge is 0.123 e. The fraction of sp³-hybridized carbons (Fsp3) is 0.818. The molecule has 0 saturated carbocycles. The van der Waals surface area contributed by atoms with Gasteiger partial charge in [0.05, 0.1) is 0 Å². The van der Waals surface area contributed by atoms with Crippen molar-refractivity contribution in [1.82, 2.24) is 0 Å². The molecule has 0 aromatic rings. The number of rotatable bonds is 6. The molecular formula is C11H20O. The van der Waals surface area contributed by atoms with Crippen LogP contribution in [0.5, 0.6) is 0 Å². The Balaban J connectivity index is 3.17. The molecule has 0 radical (unpaired) electrons. The second-order valence-electron chi connectivity index (χ2n) is 3.88. The molecule has 12 heavy (non-hydrogen) atoms. The van der Waals surface area contributed by atoms with Crippen molar-refractivity contribution in [3.05, 3.63) is 5.57 Å². The zero-order chi connectivity index (χ0) is 9.40. The van der Waals surface area contributed by atoms with Crippen LogP contribution in [0.2, 0.25) is 0 Å². The third kappa shape index (κ3) is 7.56. The van der Waals surface area contributed by atoms with Gasteiger partial charge < -0.3 is 0 Å². The van der Waals surface area contributed by atoms with E-state index in [2.05, 4.69) is 13.8 Å². The molecule has 0 spiro atoms. The highest BCUT2D eigenvalue weighted by atomic mass is 16.1. The summed E-state index contributed by atoms with van der Waals surface area (Å²) in [5.41, 5.74) is 0.861. The van der Waals surface area contributed by atoms with Gasteiger partial charge in [-0.25, -0.2) is 4.79 Å². The van der Waals surface area contributed by atoms with Gasteiger partial charge in [0.1, 0.15) is 5.94 Å². The van der Waals surface area contributed by atoms with E-state index in [0.717, 1.165) is 24.3 Å². The van der Waals surface area contributed by atoms with E-state index in [-0.39, 0.29) is 0 Å². The molecule has 0 unspecified atom stereocenters. The van der Waals surface area contributed by atoms with Crippen LogP contribution in [0, 0.1) is 5.92 Å². The minimum atomic E-state index is 0.813. The Bertz CT molecular complexity index is 152. The molecular weight excluding hydrogens is 148 g/mol. The molecule has 0 aliphatic heterocycles. The Morgan fingerprint density at radius 2 is 1.92 bits per heavy atom. The highest BCUT2D eigenvalue weighted by Crippen LogP contribution is 2.11. The fourth-order valence-electron chi connectivity index (χ4n) is 1.17. The molecule has 0 atom stereocenters. The molecule has 0 aromatic heterocycles. The minimum Gasteiger partial charge on any atom is -0.234 e. The van der Waals surface area contributed by atoms with Gasteiger partial charge in [0, 0.05) is 5.57 Å². The highest BCUT2D eigenvalue weighted by Gasteiger charge is 1.95. The molecule has 1 nitrogen and oxygen atoms in total. The molecule has 0 aliphatic carbocycles. The van der Waals surface area contributed by atoms with Crippen molar-refractivity contribution < 1.29 is 4.79 Å². The van der Waals surface area contributed by atoms with Gasteiger partial charge in [-0.15, -0.1) is 0 Å². The Kier molecular flexibility index (Phi) is 6.79. The summed E-state index contributed by atoms with van der Waals surface area (Å²) < 4.78 is 0. The highest BCUT2D eigenvalue weighted by molar-refractivity contribution is 5.50. The second-order valence-corrected chi connectivity index (χ2v) is 3.88. The first-order valence-corrected chi connectivity index (χ1v) is 4.87. The van der Waals surface area contributed by atoms with Crippen molar-refractivity contribution in [2.24, 2.45) is 5.92 Å². The molecule has 0 aliphatic rings. The Morgan fingerprint density at radius 3 is 2.42 bits per heavy atom. The summed E-state index contributed by atoms with van der Waals surface area (Å²) in [5, 5.41) is 0. The SMILES string of the molecule is CC(=C=O)CCCCCC(C)C. The van der Waals surface area contributed by atoms with Crippen LogP contribution in [0.4, 0.5) is 0 Å². The molecule has 0 amide bonds. The van der Waals surface area contributed by atoms with E-state index in [0.29, 0.717) is 0 Å². The predicted molar refractivity (Wildman–Crippen MR) is 52.8 cm³/mol. The maximum Gasteiger partial charge on any atom is 0.123 e. The minimum absolute atomic E-state index is 0.813. The van der Waals surface area contributed by atoms with Crippen LogP contribution in [0.3, 0.4) is 0 Å². The molecule has 0 saturated heterocycles. The van der Waals surface area contributed by atoms with Crippen LogP contribution in [-0.4, -0.2) is 5.94 Å². The lowest BCUT2D eigenvalue weighted by molar-refractivity contribution is 0.526. The first kappa shape index (κ1) is 11.4. The zero-order valence-electron chi connectivity index (χ0n) is 8.52. The van der Waals surface area contributed by atoms with E-state index >= 15 is 0 Å². The van der Waals surface area contributed by atoms with Crippen molar-refractivity contribution >= 4 is 5.94 Å². The van der Waals surface area contributed by atoms with E-state index < -0.39 is 0 Å². The van der Waals surface area contributed by atoms with Gasteiger partial charge in [-0.05, 0) is 25.7 Å². The first-order chi connectivity index (χ1) is 5.66. The predicted octanol–water partition coefficient (Wildman–Crippen LogP) is 3.37. The van der Waals surface area contributed by atoms with Gasteiger partial charge in [0.15, 0.2) is 0 Å². The Morgan fingerprint density at radius 1 is 1.25 bits per heavy atom. The lowest BCUT2D eigenvalue weighted by atomic mass is 10.0. The van der Waals surface area contributed by atoms with Gasteiger partial charge in [-0.1, -0.05) is 33.1 Å². The third-order valence-corrected chi connectivity index (χ3v) is 2.01. The van der Waals surface area contributed by atoms with Gasteiger partial charge in [-0.3, -0.25) is 0 Å². The topological polar surface area (TPSA) is 17.1 Å². The number of hydrogen-bond acceptors (Lipinski definition) is 1. The van der Waals surface area contributed by atoms with Crippen LogP contribution in [-0.2, 0) is 4.79 Å². The zero-order valence-corrected chi connectivity index (χ0v) is 8.52. The summed E-state index contributed by atoms with van der Waals surface area (Å²) in [5.74, 6) is 2.74. The van der Waals surface area contributed by atoms with Crippen molar-refractivity contribution in [1.29, 1.82) is 0 Å². The molecule has 70 valence electrons. The van der Waals surface area contributed by atoms with Crippen molar-refractivity contribution in [2.45, 2.75) is 52.9 Å². The van der Waals surface area contributed by atoms with E-state index in [1.54, 1.807) is 0 Å². The van der Waals surface area contributed by atoms with Crippen molar-refractivity contribution in [2.75, 3.05) is 0 Å². The van der Waals surface area contributed by atoms with Crippen molar-refractivity contribution in [3.63, 3.8) is 0 Å². The Labute approximate surface area is 75.9 Å². The summed E-state index contributed by atoms with van der Waals surface area (Å²) in [6, 6.07) is 0. The lowest BCUT2D eigenvalue weighted by Crippen LogP contribution is -1.87. The summed E-state index contributed by atoms with van der Waals surface area (Å²) in [4.78, 5) is 10.1. The van der Waals surface area contributed by atoms with Crippen LogP contribution in [0.25, 0.3) is 0 Å². The monoisotopic (exact) mass is 168 g/mol. The molecule has 0 rings (SSSR count). The maximum atomic E-state index is 10.1. The summed E-state index contributed by atoms with van der Waals surface area (Å²) in [6.45, 7) is 6.35. The summed E-state index contributed by atoms with van der Waals surface area (Å²) in [7, 11) is 0. The van der Waals surface area contributed by atoms with Crippen LogP contribution in [0.1, 0.15) is 52.9 Å².